The van der Waals surface area contributed by atoms with Gasteiger partial charge in [-0.05, 0) is 63.5 Å². The summed E-state index contributed by atoms with van der Waals surface area (Å²) >= 11 is 3.66. The summed E-state index contributed by atoms with van der Waals surface area (Å²) in [6, 6.07) is 20.2. The van der Waals surface area contributed by atoms with Crippen molar-refractivity contribution in [2.75, 3.05) is 27.3 Å². The van der Waals surface area contributed by atoms with Crippen LogP contribution in [0, 0.1) is 0 Å². The number of carboxylic acid groups (broad SMARTS) is 1. The van der Waals surface area contributed by atoms with Gasteiger partial charge in [0.2, 0.25) is 0 Å². The average Bonchev–Trinajstić information content (AvgIpc) is 3.57. The smallest absolute Gasteiger partial charge is 0.410 e. The van der Waals surface area contributed by atoms with Crippen molar-refractivity contribution >= 4 is 49.7 Å². The van der Waals surface area contributed by atoms with E-state index < -0.39 is 11.6 Å². The van der Waals surface area contributed by atoms with Gasteiger partial charge in [-0.15, -0.1) is 0 Å². The number of halogens is 1. The van der Waals surface area contributed by atoms with Crippen molar-refractivity contribution in [3.63, 3.8) is 0 Å². The van der Waals surface area contributed by atoms with E-state index in [-0.39, 0.29) is 11.8 Å². The second-order valence-corrected chi connectivity index (χ2v) is 14.0. The van der Waals surface area contributed by atoms with Crippen molar-refractivity contribution in [2.24, 2.45) is 7.05 Å². The number of hydrogen-bond donors (Lipinski definition) is 1. The number of unbranched alkanes of at least 4 members (excludes halogenated alkanes) is 1. The molecule has 5 rings (SSSR count). The first-order valence-corrected chi connectivity index (χ1v) is 18.1. The molecule has 266 valence electrons. The molecule has 2 heterocycles. The highest BCUT2D eigenvalue weighted by molar-refractivity contribution is 9.08. The second kappa shape index (κ2) is 16.1. The Morgan fingerprint density at radius 1 is 0.980 bits per heavy atom. The van der Waals surface area contributed by atoms with E-state index in [4.69, 9.17) is 19.3 Å². The fourth-order valence-corrected chi connectivity index (χ4v) is 7.17. The SMILES string of the molecule is COCc1nn(C)c(CBr)c1-c1cccc2c(CCCOc3cccc4ccccc34)c(C(=O)O)n(CCCCN(C)C(=O)OC(C)(C)C)c12. The van der Waals surface area contributed by atoms with Crippen LogP contribution in [0.2, 0.25) is 0 Å². The highest BCUT2D eigenvalue weighted by Gasteiger charge is 2.27. The van der Waals surface area contributed by atoms with Gasteiger partial charge in [-0.1, -0.05) is 70.5 Å². The first kappa shape index (κ1) is 36.9. The van der Waals surface area contributed by atoms with Gasteiger partial charge < -0.3 is 28.8 Å². The molecule has 0 saturated carbocycles. The van der Waals surface area contributed by atoms with E-state index in [0.29, 0.717) is 57.3 Å². The predicted molar refractivity (Wildman–Crippen MR) is 200 cm³/mol. The minimum Gasteiger partial charge on any atom is -0.493 e. The van der Waals surface area contributed by atoms with Crippen LogP contribution in [0.1, 0.15) is 67.5 Å². The van der Waals surface area contributed by atoms with Crippen molar-refractivity contribution in [1.82, 2.24) is 19.2 Å². The van der Waals surface area contributed by atoms with Crippen molar-refractivity contribution in [3.05, 3.63) is 83.3 Å². The molecule has 0 spiro atoms. The van der Waals surface area contributed by atoms with E-state index in [0.717, 1.165) is 55.5 Å². The van der Waals surface area contributed by atoms with Crippen LogP contribution in [-0.2, 0) is 41.4 Å². The third kappa shape index (κ3) is 8.16. The molecule has 1 N–H and O–H groups in total. The lowest BCUT2D eigenvalue weighted by Crippen LogP contribution is -2.34. The summed E-state index contributed by atoms with van der Waals surface area (Å²) in [6.07, 6.45) is 2.08. The first-order valence-electron chi connectivity index (χ1n) is 17.0. The molecule has 0 saturated heterocycles. The van der Waals surface area contributed by atoms with Gasteiger partial charge in [0.1, 0.15) is 17.0 Å². The fourth-order valence-electron chi connectivity index (χ4n) is 6.53. The number of carbonyl (C=O) groups excluding carboxylic acids is 1. The highest BCUT2D eigenvalue weighted by Crippen LogP contribution is 2.39. The van der Waals surface area contributed by atoms with Crippen LogP contribution in [0.4, 0.5) is 4.79 Å². The number of rotatable bonds is 15. The Bertz CT molecular complexity index is 1970. The number of aromatic nitrogens is 3. The topological polar surface area (TPSA) is 108 Å². The summed E-state index contributed by atoms with van der Waals surface area (Å²) in [4.78, 5) is 27.3. The predicted octanol–water partition coefficient (Wildman–Crippen LogP) is 8.59. The van der Waals surface area contributed by atoms with Crippen LogP contribution >= 0.6 is 15.9 Å². The number of hydrogen-bond acceptors (Lipinski definition) is 6. The first-order chi connectivity index (χ1) is 23.9. The Balaban J connectivity index is 1.50. The molecule has 11 heteroatoms. The molecule has 1 amide bonds. The van der Waals surface area contributed by atoms with Crippen molar-refractivity contribution in [1.29, 1.82) is 0 Å². The zero-order valence-corrected chi connectivity index (χ0v) is 31.4. The van der Waals surface area contributed by atoms with Gasteiger partial charge in [0.25, 0.3) is 0 Å². The molecule has 50 heavy (non-hydrogen) atoms. The standard InChI is InChI=1S/C39H47BrN4O6/c1-39(2,3)50-38(47)42(4)21-9-10-22-44-35-28(17-12-18-30(35)34-31(25-48-6)41-43(5)32(34)24-40)29(36(44)37(45)46)19-13-23-49-33-20-11-15-26-14-7-8-16-27(26)33/h7-8,11-12,14-18,20H,9-10,13,19,21-25H2,1-6H3,(H,45,46). The summed E-state index contributed by atoms with van der Waals surface area (Å²) in [5.74, 6) is -0.167. The van der Waals surface area contributed by atoms with E-state index in [9.17, 15) is 14.7 Å². The molecule has 3 aromatic carbocycles. The number of carbonyl (C=O) groups is 2. The molecule has 2 aromatic heterocycles. The Kier molecular flexibility index (Phi) is 11.9. The van der Waals surface area contributed by atoms with E-state index in [1.165, 1.54) is 0 Å². The number of nitrogens with zero attached hydrogens (tertiary/aromatic N) is 4. The molecule has 0 fully saturated rings. The number of aryl methyl sites for hydroxylation is 3. The minimum absolute atomic E-state index is 0.274. The van der Waals surface area contributed by atoms with Crippen molar-refractivity contribution < 1.29 is 28.9 Å². The van der Waals surface area contributed by atoms with Gasteiger partial charge in [0, 0.05) is 61.5 Å². The molecule has 0 radical (unpaired) electrons. The molecule has 10 nitrogen and oxygen atoms in total. The Morgan fingerprint density at radius 3 is 2.42 bits per heavy atom. The molecular formula is C39H47BrN4O6. The fraction of sp³-hybridized carbons (Fsp3) is 0.410. The summed E-state index contributed by atoms with van der Waals surface area (Å²) in [6.45, 7) is 7.21. The number of para-hydroxylation sites is 1. The summed E-state index contributed by atoms with van der Waals surface area (Å²) in [7, 11) is 5.27. The average molecular weight is 748 g/mol. The van der Waals surface area contributed by atoms with E-state index in [1.807, 2.05) is 85.6 Å². The number of methoxy groups -OCH3 is 1. The number of benzene rings is 3. The maximum absolute atomic E-state index is 13.2. The third-order valence-corrected chi connectivity index (χ3v) is 9.24. The van der Waals surface area contributed by atoms with Crippen LogP contribution in [-0.4, -0.2) is 69.3 Å². The van der Waals surface area contributed by atoms with Crippen molar-refractivity contribution in [3.8, 4) is 16.9 Å². The van der Waals surface area contributed by atoms with E-state index >= 15 is 0 Å². The maximum Gasteiger partial charge on any atom is 0.410 e. The Morgan fingerprint density at radius 2 is 1.70 bits per heavy atom. The lowest BCUT2D eigenvalue weighted by atomic mass is 9.98. The van der Waals surface area contributed by atoms with Gasteiger partial charge in [-0.2, -0.15) is 5.10 Å². The number of fused-ring (bicyclic) bond motifs is 2. The van der Waals surface area contributed by atoms with Crippen LogP contribution < -0.4 is 4.74 Å². The zero-order chi connectivity index (χ0) is 36.0. The maximum atomic E-state index is 13.2. The second-order valence-electron chi connectivity index (χ2n) is 13.5. The highest BCUT2D eigenvalue weighted by atomic mass is 79.9. The summed E-state index contributed by atoms with van der Waals surface area (Å²) in [5.41, 5.74) is 4.91. The number of amides is 1. The molecule has 0 atom stereocenters. The van der Waals surface area contributed by atoms with E-state index in [2.05, 4.69) is 28.1 Å². The quantitative estimate of drug-likeness (QED) is 0.0845. The Labute approximate surface area is 302 Å². The molecule has 0 aliphatic heterocycles. The summed E-state index contributed by atoms with van der Waals surface area (Å²) in [5, 5.41) is 19.1. The normalized spacial score (nSPS) is 11.7. The lowest BCUT2D eigenvalue weighted by Gasteiger charge is -2.24. The van der Waals surface area contributed by atoms with Gasteiger partial charge >= 0.3 is 12.1 Å². The molecule has 0 unspecified atom stereocenters. The summed E-state index contributed by atoms with van der Waals surface area (Å²) < 4.78 is 21.1. The minimum atomic E-state index is -0.980. The van der Waals surface area contributed by atoms with Crippen LogP contribution in [0.3, 0.4) is 0 Å². The van der Waals surface area contributed by atoms with Gasteiger partial charge in [0.15, 0.2) is 0 Å². The monoisotopic (exact) mass is 746 g/mol. The number of aromatic carboxylic acids is 1. The van der Waals surface area contributed by atoms with Crippen LogP contribution in [0.25, 0.3) is 32.8 Å². The van der Waals surface area contributed by atoms with Gasteiger partial charge in [0.05, 0.1) is 30.1 Å². The third-order valence-electron chi connectivity index (χ3n) is 8.71. The number of carboxylic acids is 1. The van der Waals surface area contributed by atoms with Gasteiger partial charge in [-0.25, -0.2) is 9.59 Å². The molecule has 0 bridgehead atoms. The van der Waals surface area contributed by atoms with Crippen LogP contribution in [0.5, 0.6) is 5.75 Å². The van der Waals surface area contributed by atoms with E-state index in [1.54, 1.807) is 19.1 Å². The Hall–Kier alpha value is -4.35. The number of alkyl halides is 1. The number of ether oxygens (including phenoxy) is 3. The molecule has 0 aliphatic carbocycles. The zero-order valence-electron chi connectivity index (χ0n) is 29.8. The van der Waals surface area contributed by atoms with Crippen LogP contribution in [0.15, 0.2) is 60.7 Å². The molecule has 5 aromatic rings. The van der Waals surface area contributed by atoms with Gasteiger partial charge in [-0.3, -0.25) is 4.68 Å². The lowest BCUT2D eigenvalue weighted by molar-refractivity contribution is 0.0296. The van der Waals surface area contributed by atoms with Crippen molar-refractivity contribution in [2.45, 2.75) is 70.5 Å². The largest absolute Gasteiger partial charge is 0.493 e. The molecule has 0 aliphatic rings. The molecular weight excluding hydrogens is 700 g/mol.